The molecule has 1 amide bonds. The zero-order valence-corrected chi connectivity index (χ0v) is 16.2. The van der Waals surface area contributed by atoms with Gasteiger partial charge in [0.15, 0.2) is 15.0 Å². The van der Waals surface area contributed by atoms with Crippen LogP contribution in [-0.2, 0) is 28.1 Å². The van der Waals surface area contributed by atoms with E-state index in [9.17, 15) is 13.2 Å². The molecule has 26 heavy (non-hydrogen) atoms. The highest BCUT2D eigenvalue weighted by molar-refractivity contribution is 7.99. The Morgan fingerprint density at radius 3 is 2.77 bits per heavy atom. The monoisotopic (exact) mass is 394 g/mol. The minimum absolute atomic E-state index is 0.0566. The van der Waals surface area contributed by atoms with E-state index in [0.717, 1.165) is 6.42 Å². The maximum Gasteiger partial charge on any atom is 0.230 e. The number of sulfone groups is 1. The summed E-state index contributed by atoms with van der Waals surface area (Å²) < 4.78 is 25.1. The first-order chi connectivity index (χ1) is 12.4. The number of hydrogen-bond acceptors (Lipinski definition) is 6. The molecule has 0 unspecified atom stereocenters. The lowest BCUT2D eigenvalue weighted by Gasteiger charge is -2.08. The van der Waals surface area contributed by atoms with Gasteiger partial charge in [0.1, 0.15) is 5.82 Å². The molecule has 3 rings (SSSR count). The van der Waals surface area contributed by atoms with Gasteiger partial charge in [0, 0.05) is 19.5 Å². The van der Waals surface area contributed by atoms with Gasteiger partial charge in [0.05, 0.1) is 17.3 Å². The molecule has 0 radical (unpaired) electrons. The number of benzene rings is 1. The first-order valence-electron chi connectivity index (χ1n) is 8.48. The Morgan fingerprint density at radius 1 is 1.31 bits per heavy atom. The maximum atomic E-state index is 12.0. The largest absolute Gasteiger partial charge is 0.355 e. The minimum Gasteiger partial charge on any atom is -0.355 e. The molecule has 1 aromatic heterocycles. The van der Waals surface area contributed by atoms with Crippen molar-refractivity contribution in [1.29, 1.82) is 0 Å². The Kier molecular flexibility index (Phi) is 5.98. The highest BCUT2D eigenvalue weighted by Crippen LogP contribution is 2.29. The van der Waals surface area contributed by atoms with Crippen LogP contribution in [0.25, 0.3) is 0 Å². The Bertz CT molecular complexity index is 865. The van der Waals surface area contributed by atoms with E-state index in [1.807, 2.05) is 37.4 Å². The lowest BCUT2D eigenvalue weighted by Crippen LogP contribution is -2.27. The molecule has 9 heteroatoms. The SMILES string of the molecule is Cn1c(SCC(=O)NCCc2ccccc2)nnc1[C@@H]1CCS(=O)(=O)C1. The zero-order valence-electron chi connectivity index (χ0n) is 14.6. The number of nitrogens with one attached hydrogen (secondary N) is 1. The molecule has 1 N–H and O–H groups in total. The molecule has 0 spiro atoms. The van der Waals surface area contributed by atoms with Crippen molar-refractivity contribution >= 4 is 27.5 Å². The zero-order chi connectivity index (χ0) is 18.6. The molecule has 1 aromatic carbocycles. The first kappa shape index (κ1) is 18.9. The highest BCUT2D eigenvalue weighted by Gasteiger charge is 2.32. The topological polar surface area (TPSA) is 93.9 Å². The van der Waals surface area contributed by atoms with E-state index in [1.165, 1.54) is 17.3 Å². The molecule has 1 aliphatic heterocycles. The smallest absolute Gasteiger partial charge is 0.230 e. The van der Waals surface area contributed by atoms with Crippen LogP contribution in [0.4, 0.5) is 0 Å². The van der Waals surface area contributed by atoms with Crippen LogP contribution in [0.5, 0.6) is 0 Å². The summed E-state index contributed by atoms with van der Waals surface area (Å²) in [6, 6.07) is 9.99. The summed E-state index contributed by atoms with van der Waals surface area (Å²) in [5.41, 5.74) is 1.19. The van der Waals surface area contributed by atoms with Crippen molar-refractivity contribution in [1.82, 2.24) is 20.1 Å². The first-order valence-corrected chi connectivity index (χ1v) is 11.3. The molecule has 0 aliphatic carbocycles. The number of rotatable bonds is 7. The molecule has 140 valence electrons. The fraction of sp³-hybridized carbons (Fsp3) is 0.471. The van der Waals surface area contributed by atoms with Crippen molar-refractivity contribution in [2.75, 3.05) is 23.8 Å². The number of carbonyl (C=O) groups is 1. The van der Waals surface area contributed by atoms with E-state index in [0.29, 0.717) is 23.9 Å². The van der Waals surface area contributed by atoms with Crippen LogP contribution in [0.15, 0.2) is 35.5 Å². The second-order valence-electron chi connectivity index (χ2n) is 6.37. The summed E-state index contributed by atoms with van der Waals surface area (Å²) in [6.07, 6.45) is 1.38. The van der Waals surface area contributed by atoms with Gasteiger partial charge in [-0.25, -0.2) is 8.42 Å². The summed E-state index contributed by atoms with van der Waals surface area (Å²) in [4.78, 5) is 12.0. The number of nitrogens with zero attached hydrogens (tertiary/aromatic N) is 3. The molecule has 0 bridgehead atoms. The van der Waals surface area contributed by atoms with Crippen molar-refractivity contribution in [3.8, 4) is 0 Å². The van der Waals surface area contributed by atoms with Gasteiger partial charge in [-0.1, -0.05) is 42.1 Å². The number of hydrogen-bond donors (Lipinski definition) is 1. The summed E-state index contributed by atoms with van der Waals surface area (Å²) in [7, 11) is -1.15. The highest BCUT2D eigenvalue weighted by atomic mass is 32.2. The quantitative estimate of drug-likeness (QED) is 0.709. The molecule has 1 fully saturated rings. The van der Waals surface area contributed by atoms with E-state index in [4.69, 9.17) is 0 Å². The van der Waals surface area contributed by atoms with Gasteiger partial charge in [-0.2, -0.15) is 0 Å². The molecular weight excluding hydrogens is 372 g/mol. The fourth-order valence-corrected chi connectivity index (χ4v) is 5.47. The van der Waals surface area contributed by atoms with Gasteiger partial charge in [-0.05, 0) is 18.4 Å². The molecule has 7 nitrogen and oxygen atoms in total. The van der Waals surface area contributed by atoms with Gasteiger partial charge >= 0.3 is 0 Å². The van der Waals surface area contributed by atoms with Crippen LogP contribution in [0, 0.1) is 0 Å². The van der Waals surface area contributed by atoms with E-state index in [-0.39, 0.29) is 29.1 Å². The molecular formula is C17H22N4O3S2. The third-order valence-electron chi connectivity index (χ3n) is 4.38. The average Bonchev–Trinajstić information content (AvgIpc) is 3.16. The number of thioether (sulfide) groups is 1. The summed E-state index contributed by atoms with van der Waals surface area (Å²) >= 11 is 1.31. The van der Waals surface area contributed by atoms with Crippen LogP contribution >= 0.6 is 11.8 Å². The van der Waals surface area contributed by atoms with Crippen LogP contribution in [0.2, 0.25) is 0 Å². The third kappa shape index (κ3) is 4.85. The van der Waals surface area contributed by atoms with E-state index in [1.54, 1.807) is 4.57 Å². The van der Waals surface area contributed by atoms with Crippen LogP contribution in [0.1, 0.15) is 23.7 Å². The second-order valence-corrected chi connectivity index (χ2v) is 9.55. The molecule has 2 aromatic rings. The Hall–Kier alpha value is -1.87. The lowest BCUT2D eigenvalue weighted by atomic mass is 10.1. The number of amides is 1. The van der Waals surface area contributed by atoms with Crippen molar-refractivity contribution in [3.63, 3.8) is 0 Å². The van der Waals surface area contributed by atoms with E-state index in [2.05, 4.69) is 15.5 Å². The van der Waals surface area contributed by atoms with Crippen molar-refractivity contribution in [2.24, 2.45) is 7.05 Å². The normalized spacial score (nSPS) is 18.7. The third-order valence-corrected chi connectivity index (χ3v) is 7.17. The van der Waals surface area contributed by atoms with Crippen molar-refractivity contribution in [2.45, 2.75) is 23.9 Å². The predicted molar refractivity (Wildman–Crippen MR) is 101 cm³/mol. The van der Waals surface area contributed by atoms with Crippen molar-refractivity contribution in [3.05, 3.63) is 41.7 Å². The summed E-state index contributed by atoms with van der Waals surface area (Å²) in [5.74, 6) is 1.10. The average molecular weight is 395 g/mol. The van der Waals surface area contributed by atoms with Crippen LogP contribution in [0.3, 0.4) is 0 Å². The number of aromatic nitrogens is 3. The van der Waals surface area contributed by atoms with Gasteiger partial charge in [-0.3, -0.25) is 4.79 Å². The van der Waals surface area contributed by atoms with Gasteiger partial charge < -0.3 is 9.88 Å². The Morgan fingerprint density at radius 2 is 2.08 bits per heavy atom. The molecule has 1 aliphatic rings. The van der Waals surface area contributed by atoms with Gasteiger partial charge in [-0.15, -0.1) is 10.2 Å². The summed E-state index contributed by atoms with van der Waals surface area (Å²) in [5, 5.41) is 11.8. The van der Waals surface area contributed by atoms with Gasteiger partial charge in [0.2, 0.25) is 5.91 Å². The van der Waals surface area contributed by atoms with E-state index < -0.39 is 9.84 Å². The molecule has 1 saturated heterocycles. The van der Waals surface area contributed by atoms with Crippen LogP contribution in [-0.4, -0.2) is 52.9 Å². The Balaban J connectivity index is 1.47. The Labute approximate surface area is 157 Å². The van der Waals surface area contributed by atoms with Crippen molar-refractivity contribution < 1.29 is 13.2 Å². The standard InChI is InChI=1S/C17H22N4O3S2/c1-21-16(14-8-10-26(23,24)12-14)19-20-17(21)25-11-15(22)18-9-7-13-5-3-2-4-6-13/h2-6,14H,7-12H2,1H3,(H,18,22)/t14-/m1/s1. The van der Waals surface area contributed by atoms with E-state index >= 15 is 0 Å². The molecule has 2 heterocycles. The number of carbonyl (C=O) groups excluding carboxylic acids is 1. The van der Waals surface area contributed by atoms with Crippen LogP contribution < -0.4 is 5.32 Å². The molecule has 0 saturated carbocycles. The minimum atomic E-state index is -2.96. The fourth-order valence-electron chi connectivity index (χ4n) is 2.98. The second kappa shape index (κ2) is 8.22. The predicted octanol–water partition coefficient (Wildman–Crippen LogP) is 1.17. The van der Waals surface area contributed by atoms with Gasteiger partial charge in [0.25, 0.3) is 0 Å². The summed E-state index contributed by atoms with van der Waals surface area (Å²) in [6.45, 7) is 0.591. The molecule has 1 atom stereocenters. The lowest BCUT2D eigenvalue weighted by molar-refractivity contribution is -0.118. The maximum absolute atomic E-state index is 12.0.